The molecule has 188 valence electrons. The van der Waals surface area contributed by atoms with E-state index in [2.05, 4.69) is 27.6 Å². The minimum absolute atomic E-state index is 0.0279. The number of benzene rings is 3. The molecule has 3 aromatic carbocycles. The molecular formula is C25H18IN3O8. The van der Waals surface area contributed by atoms with Crippen molar-refractivity contribution in [1.82, 2.24) is 0 Å². The molecule has 1 heterocycles. The van der Waals surface area contributed by atoms with Gasteiger partial charge in [0, 0.05) is 29.8 Å². The number of hydrogen-bond acceptors (Lipinski definition) is 9. The van der Waals surface area contributed by atoms with Crippen molar-refractivity contribution in [2.24, 2.45) is 4.99 Å². The van der Waals surface area contributed by atoms with E-state index in [0.717, 1.165) is 0 Å². The maximum absolute atomic E-state index is 12.4. The Morgan fingerprint density at radius 1 is 1.00 bits per heavy atom. The van der Waals surface area contributed by atoms with Crippen LogP contribution >= 0.6 is 22.6 Å². The zero-order chi connectivity index (χ0) is 26.5. The van der Waals surface area contributed by atoms with Gasteiger partial charge in [-0.2, -0.15) is 0 Å². The summed E-state index contributed by atoms with van der Waals surface area (Å²) >= 11 is 2.08. The predicted molar refractivity (Wildman–Crippen MR) is 141 cm³/mol. The molecule has 12 heteroatoms. The van der Waals surface area contributed by atoms with E-state index in [1.165, 1.54) is 42.5 Å². The topological polar surface area (TPSA) is 143 Å². The first kappa shape index (κ1) is 25.8. The number of hydrogen-bond donors (Lipinski definition) is 0. The highest BCUT2D eigenvalue weighted by Crippen LogP contribution is 2.36. The first-order chi connectivity index (χ1) is 17.7. The average molecular weight is 615 g/mol. The number of rotatable bonds is 9. The lowest BCUT2D eigenvalue weighted by Crippen LogP contribution is -2.05. The van der Waals surface area contributed by atoms with Gasteiger partial charge in [0.2, 0.25) is 5.90 Å². The largest absolute Gasteiger partial charge is 0.490 e. The van der Waals surface area contributed by atoms with Crippen LogP contribution in [0.3, 0.4) is 0 Å². The summed E-state index contributed by atoms with van der Waals surface area (Å²) in [5, 5.41) is 21.9. The summed E-state index contributed by atoms with van der Waals surface area (Å²) in [6.07, 6.45) is 1.54. The van der Waals surface area contributed by atoms with Gasteiger partial charge in [0.1, 0.15) is 6.61 Å². The molecule has 0 amide bonds. The molecule has 0 saturated heterocycles. The van der Waals surface area contributed by atoms with Gasteiger partial charge >= 0.3 is 5.97 Å². The molecule has 11 nitrogen and oxygen atoms in total. The molecule has 3 aromatic rings. The van der Waals surface area contributed by atoms with Gasteiger partial charge in [-0.05, 0) is 71.0 Å². The fraction of sp³-hybridized carbons (Fsp3) is 0.120. The minimum atomic E-state index is -0.660. The van der Waals surface area contributed by atoms with Gasteiger partial charge in [0.15, 0.2) is 17.2 Å². The number of nitrogens with zero attached hydrogens (tertiary/aromatic N) is 3. The molecule has 37 heavy (non-hydrogen) atoms. The van der Waals surface area contributed by atoms with Crippen LogP contribution in [-0.4, -0.2) is 28.3 Å². The third-order valence-corrected chi connectivity index (χ3v) is 5.89. The molecule has 0 radical (unpaired) electrons. The normalized spacial score (nSPS) is 13.7. The van der Waals surface area contributed by atoms with Crippen LogP contribution in [-0.2, 0) is 16.1 Å². The molecule has 4 rings (SSSR count). The Morgan fingerprint density at radius 2 is 1.73 bits per heavy atom. The fourth-order valence-electron chi connectivity index (χ4n) is 3.41. The summed E-state index contributed by atoms with van der Waals surface area (Å²) in [7, 11) is 0. The maximum atomic E-state index is 12.4. The van der Waals surface area contributed by atoms with Crippen LogP contribution in [0.25, 0.3) is 6.08 Å². The van der Waals surface area contributed by atoms with Crippen LogP contribution in [0.2, 0.25) is 0 Å². The molecule has 1 aliphatic rings. The fourth-order valence-corrected chi connectivity index (χ4v) is 4.19. The van der Waals surface area contributed by atoms with E-state index in [1.807, 2.05) is 6.92 Å². The highest BCUT2D eigenvalue weighted by molar-refractivity contribution is 14.1. The van der Waals surface area contributed by atoms with E-state index in [9.17, 15) is 25.0 Å². The molecule has 0 spiro atoms. The van der Waals surface area contributed by atoms with E-state index >= 15 is 0 Å². The van der Waals surface area contributed by atoms with Crippen molar-refractivity contribution < 1.29 is 28.9 Å². The van der Waals surface area contributed by atoms with Gasteiger partial charge in [-0.1, -0.05) is 12.1 Å². The maximum Gasteiger partial charge on any atom is 0.363 e. The van der Waals surface area contributed by atoms with Gasteiger partial charge in [0.25, 0.3) is 11.4 Å². The number of carbonyl (C=O) groups is 1. The second kappa shape index (κ2) is 11.2. The zero-order valence-corrected chi connectivity index (χ0v) is 21.4. The van der Waals surface area contributed by atoms with E-state index in [0.29, 0.717) is 38.4 Å². The Balaban J connectivity index is 1.59. The van der Waals surface area contributed by atoms with E-state index in [-0.39, 0.29) is 29.6 Å². The first-order valence-electron chi connectivity index (χ1n) is 10.8. The van der Waals surface area contributed by atoms with Gasteiger partial charge in [-0.25, -0.2) is 9.79 Å². The van der Waals surface area contributed by atoms with Crippen LogP contribution in [0.1, 0.15) is 23.6 Å². The number of carbonyl (C=O) groups excluding carboxylic acids is 1. The summed E-state index contributed by atoms with van der Waals surface area (Å²) in [6, 6.07) is 15.1. The summed E-state index contributed by atoms with van der Waals surface area (Å²) < 4.78 is 17.6. The lowest BCUT2D eigenvalue weighted by atomic mass is 10.1. The van der Waals surface area contributed by atoms with Crippen LogP contribution < -0.4 is 9.47 Å². The Hall–Kier alpha value is -4.33. The summed E-state index contributed by atoms with van der Waals surface area (Å²) in [6.45, 7) is 2.26. The van der Waals surface area contributed by atoms with Crippen molar-refractivity contribution in [1.29, 1.82) is 0 Å². The number of cyclic esters (lactones) is 1. The van der Waals surface area contributed by atoms with Crippen molar-refractivity contribution >= 4 is 51.9 Å². The summed E-state index contributed by atoms with van der Waals surface area (Å²) in [5.74, 6) is 0.271. The quantitative estimate of drug-likeness (QED) is 0.102. The van der Waals surface area contributed by atoms with Gasteiger partial charge in [0.05, 0.1) is 20.0 Å². The highest BCUT2D eigenvalue weighted by atomic mass is 127. The van der Waals surface area contributed by atoms with Crippen LogP contribution in [0.5, 0.6) is 11.5 Å². The first-order valence-corrected chi connectivity index (χ1v) is 11.9. The van der Waals surface area contributed by atoms with Crippen molar-refractivity contribution in [3.8, 4) is 11.5 Å². The number of ether oxygens (including phenoxy) is 3. The van der Waals surface area contributed by atoms with E-state index in [4.69, 9.17) is 14.2 Å². The number of halogens is 1. The molecule has 0 unspecified atom stereocenters. The molecule has 0 aromatic heterocycles. The van der Waals surface area contributed by atoms with Crippen molar-refractivity contribution in [3.63, 3.8) is 0 Å². The average Bonchev–Trinajstić information content (AvgIpc) is 3.23. The monoisotopic (exact) mass is 615 g/mol. The Morgan fingerprint density at radius 3 is 2.41 bits per heavy atom. The predicted octanol–water partition coefficient (Wildman–Crippen LogP) is 5.43. The highest BCUT2D eigenvalue weighted by Gasteiger charge is 2.25. The van der Waals surface area contributed by atoms with Gasteiger partial charge in [-0.15, -0.1) is 0 Å². The van der Waals surface area contributed by atoms with Crippen LogP contribution in [0, 0.1) is 23.8 Å². The number of nitro benzene ring substituents is 2. The molecule has 0 bridgehead atoms. The third kappa shape index (κ3) is 6.09. The van der Waals surface area contributed by atoms with Crippen LogP contribution in [0.15, 0.2) is 71.4 Å². The summed E-state index contributed by atoms with van der Waals surface area (Å²) in [5.41, 5.74) is 1.60. The molecule has 1 aliphatic heterocycles. The van der Waals surface area contributed by atoms with Crippen molar-refractivity contribution in [3.05, 3.63) is 107 Å². The molecule has 0 fully saturated rings. The number of nitro groups is 2. The summed E-state index contributed by atoms with van der Waals surface area (Å²) in [4.78, 5) is 37.6. The second-order valence-electron chi connectivity index (χ2n) is 7.62. The Bertz CT molecular complexity index is 1450. The molecule has 0 atom stereocenters. The standard InChI is InChI=1S/C25H18IN3O8/c1-2-35-22-13-16(11-20(26)23(22)36-14-15-4-3-5-19(10-15)29(33)34)12-21-25(30)37-24(27-21)17-6-8-18(9-7-17)28(31)32/h3-13H,2,14H2,1H3/b21-12-. The third-order valence-electron chi connectivity index (χ3n) is 5.09. The Kier molecular flexibility index (Phi) is 7.77. The second-order valence-corrected chi connectivity index (χ2v) is 8.78. The van der Waals surface area contributed by atoms with Crippen molar-refractivity contribution in [2.45, 2.75) is 13.5 Å². The molecule has 0 saturated carbocycles. The number of non-ortho nitro benzene ring substituents is 2. The minimum Gasteiger partial charge on any atom is -0.490 e. The SMILES string of the molecule is CCOc1cc(/C=C2\N=C(c3ccc([N+](=O)[O-])cc3)OC2=O)cc(I)c1OCc1cccc([N+](=O)[O-])c1. The molecule has 0 N–H and O–H groups in total. The van der Waals surface area contributed by atoms with Gasteiger partial charge in [-0.3, -0.25) is 20.2 Å². The van der Waals surface area contributed by atoms with Crippen LogP contribution in [0.4, 0.5) is 11.4 Å². The molecular weight excluding hydrogens is 597 g/mol. The molecule has 0 aliphatic carbocycles. The lowest BCUT2D eigenvalue weighted by Gasteiger charge is -2.15. The van der Waals surface area contributed by atoms with E-state index < -0.39 is 15.8 Å². The van der Waals surface area contributed by atoms with Gasteiger partial charge < -0.3 is 14.2 Å². The lowest BCUT2D eigenvalue weighted by molar-refractivity contribution is -0.385. The smallest absolute Gasteiger partial charge is 0.363 e. The number of esters is 1. The number of aliphatic imine (C=N–C) groups is 1. The van der Waals surface area contributed by atoms with Crippen molar-refractivity contribution in [2.75, 3.05) is 6.61 Å². The zero-order valence-electron chi connectivity index (χ0n) is 19.3. The Labute approximate surface area is 223 Å². The van der Waals surface area contributed by atoms with E-state index in [1.54, 1.807) is 24.3 Å².